The van der Waals surface area contributed by atoms with Gasteiger partial charge in [-0.15, -0.1) is 0 Å². The van der Waals surface area contributed by atoms with Gasteiger partial charge in [0.1, 0.15) is 18.2 Å². The molecule has 0 fully saturated rings. The highest BCUT2D eigenvalue weighted by Crippen LogP contribution is 2.53. The van der Waals surface area contributed by atoms with Crippen molar-refractivity contribution in [3.8, 4) is 22.4 Å². The Morgan fingerprint density at radius 1 is 1.03 bits per heavy atom. The molecule has 0 aliphatic heterocycles. The van der Waals surface area contributed by atoms with Gasteiger partial charge in [-0.1, -0.05) is 70.1 Å². The number of pyridine rings is 1. The van der Waals surface area contributed by atoms with Crippen molar-refractivity contribution < 1.29 is 18.6 Å². The minimum atomic E-state index is -2.72. The lowest BCUT2D eigenvalue weighted by atomic mass is 9.80. The minimum Gasteiger partial charge on any atom is -0.455 e. The lowest BCUT2D eigenvalue weighted by Crippen LogP contribution is -2.32. The molecule has 5 aromatic rings. The van der Waals surface area contributed by atoms with E-state index in [1.807, 2.05) is 19.1 Å². The maximum atomic E-state index is 8.68. The van der Waals surface area contributed by atoms with Gasteiger partial charge in [-0.25, -0.2) is 4.57 Å². The molecule has 2 heteroatoms. The molecular weight excluding hydrogens is 414 g/mol. The summed E-state index contributed by atoms with van der Waals surface area (Å²) in [6.45, 7) is 2.31. The predicted molar refractivity (Wildman–Crippen MR) is 141 cm³/mol. The Morgan fingerprint density at radius 2 is 1.85 bits per heavy atom. The Morgan fingerprint density at radius 3 is 2.65 bits per heavy atom. The number of furan rings is 1. The monoisotopic (exact) mass is 453 g/mol. The summed E-state index contributed by atoms with van der Waals surface area (Å²) in [5.41, 5.74) is 8.02. The van der Waals surface area contributed by atoms with Crippen LogP contribution in [0.5, 0.6) is 0 Å². The molecule has 1 aliphatic carbocycles. The van der Waals surface area contributed by atoms with E-state index in [1.165, 1.54) is 41.4 Å². The zero-order valence-corrected chi connectivity index (χ0v) is 20.1. The summed E-state index contributed by atoms with van der Waals surface area (Å²) in [4.78, 5) is 0. The number of hydrogen-bond donors (Lipinski definition) is 0. The number of hydrogen-bond acceptors (Lipinski definition) is 1. The molecule has 0 radical (unpaired) electrons. The molecule has 0 saturated carbocycles. The smallest absolute Gasteiger partial charge is 0.216 e. The summed E-state index contributed by atoms with van der Waals surface area (Å²) in [6, 6.07) is 18.2. The van der Waals surface area contributed by atoms with Crippen LogP contribution in [-0.4, -0.2) is 0 Å². The van der Waals surface area contributed by atoms with Gasteiger partial charge in [0, 0.05) is 37.4 Å². The van der Waals surface area contributed by atoms with Crippen molar-refractivity contribution in [1.29, 1.82) is 0 Å². The van der Waals surface area contributed by atoms with Gasteiger partial charge in [0.05, 0.1) is 5.56 Å². The first-order valence-corrected chi connectivity index (χ1v) is 11.6. The van der Waals surface area contributed by atoms with Crippen LogP contribution in [0.2, 0.25) is 0 Å². The van der Waals surface area contributed by atoms with Crippen molar-refractivity contribution in [2.45, 2.75) is 52.7 Å². The van der Waals surface area contributed by atoms with E-state index in [9.17, 15) is 0 Å². The summed E-state index contributed by atoms with van der Waals surface area (Å²) in [5, 5.41) is 1.97. The van der Waals surface area contributed by atoms with Crippen molar-refractivity contribution in [3.05, 3.63) is 88.6 Å². The molecule has 1 unspecified atom stereocenters. The van der Waals surface area contributed by atoms with Gasteiger partial charge in [0.15, 0.2) is 6.20 Å². The first-order valence-electron chi connectivity index (χ1n) is 15.1. The number of nitrogens with zero attached hydrogens (tertiary/aromatic N) is 1. The van der Waals surface area contributed by atoms with Crippen molar-refractivity contribution in [3.63, 3.8) is 0 Å². The van der Waals surface area contributed by atoms with Crippen LogP contribution in [0, 0.1) is 13.8 Å². The predicted octanol–water partition coefficient (Wildman–Crippen LogP) is 8.12. The van der Waals surface area contributed by atoms with Gasteiger partial charge in [0.25, 0.3) is 0 Å². The molecule has 1 atom stereocenters. The second-order valence-corrected chi connectivity index (χ2v) is 9.99. The van der Waals surface area contributed by atoms with Crippen molar-refractivity contribution in [1.82, 2.24) is 0 Å². The van der Waals surface area contributed by atoms with Gasteiger partial charge in [-0.3, -0.25) is 0 Å². The average Bonchev–Trinajstić information content (AvgIpc) is 3.35. The molecular formula is C32H32NO+. The first-order chi connectivity index (χ1) is 19.0. The third-order valence-electron chi connectivity index (χ3n) is 7.46. The molecule has 0 saturated heterocycles. The van der Waals surface area contributed by atoms with Crippen LogP contribution < -0.4 is 4.57 Å². The molecule has 34 heavy (non-hydrogen) atoms. The summed E-state index contributed by atoms with van der Waals surface area (Å²) in [6.07, 6.45) is 1.48. The highest BCUT2D eigenvalue weighted by molar-refractivity contribution is 6.14. The molecule has 6 rings (SSSR count). The average molecular weight is 454 g/mol. The number of rotatable bonds is 2. The zero-order chi connectivity index (χ0) is 29.9. The number of aromatic nitrogens is 1. The topological polar surface area (TPSA) is 17.0 Å². The zero-order valence-electron chi connectivity index (χ0n) is 27.1. The van der Waals surface area contributed by atoms with Gasteiger partial charge in [-0.2, -0.15) is 0 Å². The number of fused-ring (bicyclic) bond motifs is 7. The third kappa shape index (κ3) is 2.72. The Bertz CT molecular complexity index is 1890. The summed E-state index contributed by atoms with van der Waals surface area (Å²) < 4.78 is 65.6. The lowest BCUT2D eigenvalue weighted by molar-refractivity contribution is -0.660. The van der Waals surface area contributed by atoms with Crippen LogP contribution in [0.3, 0.4) is 0 Å². The fraction of sp³-hybridized carbons (Fsp3) is 0.281. The highest BCUT2D eigenvalue weighted by atomic mass is 16.3. The number of benzene rings is 3. The fourth-order valence-electron chi connectivity index (χ4n) is 5.82. The third-order valence-corrected chi connectivity index (χ3v) is 7.46. The quantitative estimate of drug-likeness (QED) is 0.247. The SMILES string of the molecule is [2H]C([2H])([2H])c1cc(-c2c(C)ccc3c2oc2ccc4c(c23)C(C)(C)c2ccccc2-4)[n+](C)cc1C([2H])(C)C([2H])([2H])[2H]. The van der Waals surface area contributed by atoms with Crippen molar-refractivity contribution >= 4 is 21.9 Å². The second kappa shape index (κ2) is 7.06. The molecule has 1 aliphatic rings. The van der Waals surface area contributed by atoms with Crippen LogP contribution in [0.4, 0.5) is 0 Å². The van der Waals surface area contributed by atoms with Crippen LogP contribution in [-0.2, 0) is 12.5 Å². The van der Waals surface area contributed by atoms with Gasteiger partial charge < -0.3 is 4.42 Å². The van der Waals surface area contributed by atoms with E-state index in [2.05, 4.69) is 50.2 Å². The molecule has 2 heterocycles. The molecule has 3 aromatic carbocycles. The van der Waals surface area contributed by atoms with Crippen LogP contribution in [0.25, 0.3) is 44.3 Å². The summed E-state index contributed by atoms with van der Waals surface area (Å²) >= 11 is 0. The number of aryl methyl sites for hydroxylation is 3. The normalized spacial score (nSPS) is 19.7. The second-order valence-electron chi connectivity index (χ2n) is 9.99. The molecule has 0 N–H and O–H groups in total. The molecule has 170 valence electrons. The Balaban J connectivity index is 1.68. The lowest BCUT2D eigenvalue weighted by Gasteiger charge is -2.22. The van der Waals surface area contributed by atoms with E-state index >= 15 is 0 Å². The van der Waals surface area contributed by atoms with Gasteiger partial charge in [0.2, 0.25) is 5.69 Å². The standard InChI is InChI=1S/C32H32NO/c1-18(2)24-17-33(7)26(16-20(24)4)28-19(3)12-13-23-29-27(34-31(23)28)15-14-22-21-10-8-9-11-25(21)32(5,6)30(22)29/h8-18H,1-7H3/q+1/i1D3,4D3,18D. The Labute approximate surface area is 211 Å². The van der Waals surface area contributed by atoms with Gasteiger partial charge in [-0.05, 0) is 59.1 Å². The van der Waals surface area contributed by atoms with Crippen molar-refractivity contribution in [2.75, 3.05) is 0 Å². The maximum Gasteiger partial charge on any atom is 0.216 e. The van der Waals surface area contributed by atoms with E-state index in [-0.39, 0.29) is 16.5 Å². The summed E-state index contributed by atoms with van der Waals surface area (Å²) in [5.74, 6) is -2.12. The van der Waals surface area contributed by atoms with Crippen molar-refractivity contribution in [2.24, 2.45) is 7.05 Å². The van der Waals surface area contributed by atoms with E-state index in [1.54, 1.807) is 11.6 Å². The molecule has 0 amide bonds. The van der Waals surface area contributed by atoms with E-state index in [0.717, 1.165) is 27.5 Å². The summed E-state index contributed by atoms with van der Waals surface area (Å²) in [7, 11) is 1.75. The van der Waals surface area contributed by atoms with Crippen LogP contribution in [0.15, 0.2) is 65.2 Å². The van der Waals surface area contributed by atoms with E-state index < -0.39 is 19.6 Å². The van der Waals surface area contributed by atoms with Gasteiger partial charge >= 0.3 is 0 Å². The van der Waals surface area contributed by atoms with E-state index in [4.69, 9.17) is 14.0 Å². The van der Waals surface area contributed by atoms with Crippen LogP contribution >= 0.6 is 0 Å². The Hall–Kier alpha value is -3.39. The fourth-order valence-corrected chi connectivity index (χ4v) is 5.82. The highest BCUT2D eigenvalue weighted by Gasteiger charge is 2.38. The molecule has 2 nitrogen and oxygen atoms in total. The Kier molecular flexibility index (Phi) is 3.07. The maximum absolute atomic E-state index is 8.68. The van der Waals surface area contributed by atoms with E-state index in [0.29, 0.717) is 11.3 Å². The van der Waals surface area contributed by atoms with Crippen LogP contribution in [0.1, 0.15) is 70.9 Å². The largest absolute Gasteiger partial charge is 0.455 e. The molecule has 0 bridgehead atoms. The first kappa shape index (κ1) is 14.8. The molecule has 0 spiro atoms. The molecule has 2 aromatic heterocycles. The minimum absolute atomic E-state index is 0.0458.